The maximum Gasteiger partial charge on any atom is 0.411 e. The van der Waals surface area contributed by atoms with Gasteiger partial charge in [-0.25, -0.2) is 4.79 Å². The number of hydrogen-bond donors (Lipinski definition) is 0. The zero-order valence-electron chi connectivity index (χ0n) is 9.26. The number of benzene rings is 1. The van der Waals surface area contributed by atoms with Gasteiger partial charge >= 0.3 is 6.09 Å². The molecular formula is C12H12N2O3. The first-order chi connectivity index (χ1) is 8.25. The number of cyclic esters (lactones) is 1. The fraction of sp³-hybridized carbons (Fsp3) is 0.333. The quantitative estimate of drug-likeness (QED) is 0.764. The second-order valence-electron chi connectivity index (χ2n) is 4.15. The molecular weight excluding hydrogens is 220 g/mol. The third-order valence-electron chi connectivity index (χ3n) is 3.08. The predicted molar refractivity (Wildman–Crippen MR) is 60.6 cm³/mol. The normalized spacial score (nSPS) is 18.6. The van der Waals surface area contributed by atoms with Crippen LogP contribution in [0.5, 0.6) is 0 Å². The van der Waals surface area contributed by atoms with Gasteiger partial charge in [0.15, 0.2) is 0 Å². The molecule has 2 amide bonds. The molecule has 0 atom stereocenters. The van der Waals surface area contributed by atoms with Gasteiger partial charge in [-0.15, -0.1) is 0 Å². The number of hydrogen-bond acceptors (Lipinski definition) is 3. The lowest BCUT2D eigenvalue weighted by Gasteiger charge is -2.22. The van der Waals surface area contributed by atoms with Crippen LogP contribution in [0.25, 0.3) is 0 Å². The molecule has 1 aromatic carbocycles. The van der Waals surface area contributed by atoms with E-state index in [0.717, 1.165) is 11.3 Å². The van der Waals surface area contributed by atoms with Crippen molar-refractivity contribution in [3.05, 3.63) is 29.8 Å². The summed E-state index contributed by atoms with van der Waals surface area (Å²) >= 11 is 0. The Balaban J connectivity index is 1.84. The van der Waals surface area contributed by atoms with Crippen molar-refractivity contribution in [2.45, 2.75) is 6.42 Å². The summed E-state index contributed by atoms with van der Waals surface area (Å²) in [6.07, 6.45) is 0.0705. The summed E-state index contributed by atoms with van der Waals surface area (Å²) in [5, 5.41) is 0. The molecule has 1 fully saturated rings. The number of nitrogens with zero attached hydrogens (tertiary/aromatic N) is 2. The van der Waals surface area contributed by atoms with Crippen LogP contribution in [0.1, 0.15) is 5.56 Å². The first kappa shape index (κ1) is 10.1. The molecule has 17 heavy (non-hydrogen) atoms. The van der Waals surface area contributed by atoms with Gasteiger partial charge in [-0.05, 0) is 11.6 Å². The highest BCUT2D eigenvalue weighted by atomic mass is 16.6. The van der Waals surface area contributed by atoms with Crippen LogP contribution in [0, 0.1) is 0 Å². The van der Waals surface area contributed by atoms with E-state index >= 15 is 0 Å². The molecule has 2 heterocycles. The lowest BCUT2D eigenvalue weighted by molar-refractivity contribution is -0.117. The Bertz CT molecular complexity index is 486. The molecule has 2 aliphatic rings. The Morgan fingerprint density at radius 3 is 2.82 bits per heavy atom. The van der Waals surface area contributed by atoms with E-state index in [1.807, 2.05) is 24.3 Å². The van der Waals surface area contributed by atoms with Crippen molar-refractivity contribution in [2.24, 2.45) is 0 Å². The average Bonchev–Trinajstić information content (AvgIpc) is 2.85. The summed E-state index contributed by atoms with van der Waals surface area (Å²) in [4.78, 5) is 26.4. The van der Waals surface area contributed by atoms with Crippen LogP contribution in [0.3, 0.4) is 0 Å². The highest BCUT2D eigenvalue weighted by molar-refractivity contribution is 6.01. The predicted octanol–water partition coefficient (Wildman–Crippen LogP) is 0.985. The molecule has 0 unspecified atom stereocenters. The standard InChI is InChI=1S/C12H12N2O3/c15-11-7-9-3-1-2-4-10(9)14(11)8-13-5-6-17-12(13)16/h1-4H,5-8H2. The summed E-state index contributed by atoms with van der Waals surface area (Å²) in [6, 6.07) is 7.66. The van der Waals surface area contributed by atoms with E-state index in [-0.39, 0.29) is 18.7 Å². The van der Waals surface area contributed by atoms with Crippen molar-refractivity contribution < 1.29 is 14.3 Å². The minimum atomic E-state index is -0.345. The summed E-state index contributed by atoms with van der Waals surface area (Å²) in [6.45, 7) is 1.24. The van der Waals surface area contributed by atoms with Gasteiger partial charge in [0, 0.05) is 5.69 Å². The minimum absolute atomic E-state index is 0.0332. The van der Waals surface area contributed by atoms with Crippen molar-refractivity contribution in [3.8, 4) is 0 Å². The third kappa shape index (κ3) is 1.63. The average molecular weight is 232 g/mol. The molecule has 1 saturated heterocycles. The zero-order valence-corrected chi connectivity index (χ0v) is 9.26. The second kappa shape index (κ2) is 3.76. The zero-order chi connectivity index (χ0) is 11.8. The molecule has 0 saturated carbocycles. The topological polar surface area (TPSA) is 49.9 Å². The van der Waals surface area contributed by atoms with Crippen molar-refractivity contribution in [1.82, 2.24) is 4.90 Å². The third-order valence-corrected chi connectivity index (χ3v) is 3.08. The van der Waals surface area contributed by atoms with Gasteiger partial charge in [-0.3, -0.25) is 14.6 Å². The van der Waals surface area contributed by atoms with Crippen LogP contribution in [0.2, 0.25) is 0 Å². The highest BCUT2D eigenvalue weighted by Crippen LogP contribution is 2.28. The number of ether oxygens (including phenoxy) is 1. The summed E-state index contributed by atoms with van der Waals surface area (Å²) < 4.78 is 4.85. The summed E-state index contributed by atoms with van der Waals surface area (Å²) in [5.74, 6) is 0.0332. The second-order valence-corrected chi connectivity index (χ2v) is 4.15. The molecule has 0 N–H and O–H groups in total. The highest BCUT2D eigenvalue weighted by Gasteiger charge is 2.31. The van der Waals surface area contributed by atoms with Gasteiger partial charge in [0.05, 0.1) is 13.0 Å². The van der Waals surface area contributed by atoms with Crippen LogP contribution in [-0.2, 0) is 16.0 Å². The minimum Gasteiger partial charge on any atom is -0.447 e. The molecule has 3 rings (SSSR count). The Hall–Kier alpha value is -2.04. The first-order valence-corrected chi connectivity index (χ1v) is 5.56. The SMILES string of the molecule is O=C1OCCN1CN1C(=O)Cc2ccccc21. The number of fused-ring (bicyclic) bond motifs is 1. The Morgan fingerprint density at radius 1 is 1.24 bits per heavy atom. The van der Waals surface area contributed by atoms with E-state index in [9.17, 15) is 9.59 Å². The maximum absolute atomic E-state index is 11.9. The van der Waals surface area contributed by atoms with Crippen LogP contribution >= 0.6 is 0 Å². The smallest absolute Gasteiger partial charge is 0.411 e. The Kier molecular flexibility index (Phi) is 2.24. The molecule has 5 nitrogen and oxygen atoms in total. The number of anilines is 1. The number of rotatable bonds is 2. The van der Waals surface area contributed by atoms with Crippen LogP contribution in [0.4, 0.5) is 10.5 Å². The molecule has 2 aliphatic heterocycles. The van der Waals surface area contributed by atoms with Crippen molar-refractivity contribution in [2.75, 3.05) is 24.7 Å². The van der Waals surface area contributed by atoms with Gasteiger partial charge in [0.25, 0.3) is 0 Å². The molecule has 0 bridgehead atoms. The van der Waals surface area contributed by atoms with Gasteiger partial charge in [0.2, 0.25) is 5.91 Å². The largest absolute Gasteiger partial charge is 0.447 e. The number of carbonyl (C=O) groups excluding carboxylic acids is 2. The van der Waals surface area contributed by atoms with Gasteiger partial charge < -0.3 is 4.74 Å². The lowest BCUT2D eigenvalue weighted by atomic mass is 10.2. The van der Waals surface area contributed by atoms with Crippen LogP contribution in [0.15, 0.2) is 24.3 Å². The van der Waals surface area contributed by atoms with E-state index in [1.54, 1.807) is 9.80 Å². The molecule has 0 spiro atoms. The number of carbonyl (C=O) groups is 2. The van der Waals surface area contributed by atoms with E-state index in [0.29, 0.717) is 19.6 Å². The van der Waals surface area contributed by atoms with E-state index < -0.39 is 0 Å². The molecule has 1 aromatic rings. The molecule has 0 aliphatic carbocycles. The van der Waals surface area contributed by atoms with Crippen molar-refractivity contribution in [1.29, 1.82) is 0 Å². The van der Waals surface area contributed by atoms with Crippen molar-refractivity contribution in [3.63, 3.8) is 0 Å². The van der Waals surface area contributed by atoms with Gasteiger partial charge in [-0.2, -0.15) is 0 Å². The molecule has 0 radical (unpaired) electrons. The van der Waals surface area contributed by atoms with Gasteiger partial charge in [-0.1, -0.05) is 18.2 Å². The number of para-hydroxylation sites is 1. The van der Waals surface area contributed by atoms with Crippen LogP contribution < -0.4 is 4.90 Å². The Labute approximate surface area is 98.6 Å². The van der Waals surface area contributed by atoms with E-state index in [1.165, 1.54) is 0 Å². The van der Waals surface area contributed by atoms with E-state index in [2.05, 4.69) is 0 Å². The molecule has 88 valence electrons. The number of amides is 2. The van der Waals surface area contributed by atoms with E-state index in [4.69, 9.17) is 4.74 Å². The molecule has 5 heteroatoms. The maximum atomic E-state index is 11.9. The Morgan fingerprint density at radius 2 is 2.06 bits per heavy atom. The van der Waals surface area contributed by atoms with Crippen LogP contribution in [-0.4, -0.2) is 36.7 Å². The van der Waals surface area contributed by atoms with Gasteiger partial charge in [0.1, 0.15) is 13.3 Å². The lowest BCUT2D eigenvalue weighted by Crippen LogP contribution is -2.40. The molecule has 0 aromatic heterocycles. The summed E-state index contributed by atoms with van der Waals surface area (Å²) in [7, 11) is 0. The monoisotopic (exact) mass is 232 g/mol. The fourth-order valence-electron chi connectivity index (χ4n) is 2.20. The first-order valence-electron chi connectivity index (χ1n) is 5.56. The fourth-order valence-corrected chi connectivity index (χ4v) is 2.20. The van der Waals surface area contributed by atoms with Crippen molar-refractivity contribution >= 4 is 17.7 Å². The summed E-state index contributed by atoms with van der Waals surface area (Å²) in [5.41, 5.74) is 1.92.